The summed E-state index contributed by atoms with van der Waals surface area (Å²) in [5.41, 5.74) is 3.05. The van der Waals surface area contributed by atoms with Gasteiger partial charge in [0, 0.05) is 35.5 Å². The molecule has 2 aromatic rings. The lowest BCUT2D eigenvalue weighted by atomic mass is 10.1. The predicted octanol–water partition coefficient (Wildman–Crippen LogP) is 3.71. The Hall–Kier alpha value is -3.80. The van der Waals surface area contributed by atoms with E-state index in [1.54, 1.807) is 13.8 Å². The number of phenolic OH excluding ortho intramolecular Hbond substituents is 1. The minimum absolute atomic E-state index is 0.0487. The van der Waals surface area contributed by atoms with E-state index in [1.807, 2.05) is 0 Å². The molecule has 0 spiro atoms. The summed E-state index contributed by atoms with van der Waals surface area (Å²) in [4.78, 5) is 20.9. The number of non-ortho nitro benzene ring substituents is 1. The standard InChI is InChI=1S/C18H19N5O6S/c1-10(2)29-17-9-16(24)14(8-15(17)23(27)28)11(3)20-21-18(30)19-12-4-6-13(7-5-12)22(25)26/h4-10,24H,1-3H3,(H2,19,21,30)/b20-11+. The van der Waals surface area contributed by atoms with Gasteiger partial charge in [0.15, 0.2) is 5.11 Å². The summed E-state index contributed by atoms with van der Waals surface area (Å²) >= 11 is 5.10. The van der Waals surface area contributed by atoms with Gasteiger partial charge in [-0.1, -0.05) is 0 Å². The van der Waals surface area contributed by atoms with Crippen LogP contribution in [0.25, 0.3) is 0 Å². The van der Waals surface area contributed by atoms with E-state index >= 15 is 0 Å². The molecule has 0 aliphatic rings. The SMILES string of the molecule is C/C(=N\NC(=S)Nc1ccc([N+](=O)[O-])cc1)c1cc([N+](=O)[O-])c(OC(C)C)cc1O. The fourth-order valence-corrected chi connectivity index (χ4v) is 2.52. The molecule has 30 heavy (non-hydrogen) atoms. The fraction of sp³-hybridized carbons (Fsp3) is 0.222. The summed E-state index contributed by atoms with van der Waals surface area (Å²) in [5.74, 6) is -0.291. The van der Waals surface area contributed by atoms with Crippen molar-refractivity contribution in [2.75, 3.05) is 5.32 Å². The Morgan fingerprint density at radius 1 is 1.17 bits per heavy atom. The molecule has 2 aromatic carbocycles. The molecule has 0 bridgehead atoms. The molecule has 0 aliphatic carbocycles. The van der Waals surface area contributed by atoms with E-state index in [2.05, 4.69) is 15.8 Å². The first-order valence-corrected chi connectivity index (χ1v) is 9.03. The third-order valence-electron chi connectivity index (χ3n) is 3.69. The third-order valence-corrected chi connectivity index (χ3v) is 3.88. The quantitative estimate of drug-likeness (QED) is 0.257. The van der Waals surface area contributed by atoms with Crippen LogP contribution in [-0.2, 0) is 0 Å². The second-order valence-electron chi connectivity index (χ2n) is 6.33. The van der Waals surface area contributed by atoms with Crippen molar-refractivity contribution in [1.82, 2.24) is 5.43 Å². The normalized spacial score (nSPS) is 11.1. The first-order chi connectivity index (χ1) is 14.1. The van der Waals surface area contributed by atoms with E-state index in [1.165, 1.54) is 43.3 Å². The van der Waals surface area contributed by atoms with Gasteiger partial charge in [0.1, 0.15) is 5.75 Å². The number of rotatable bonds is 7. The average molecular weight is 433 g/mol. The number of nitrogens with zero attached hydrogens (tertiary/aromatic N) is 3. The van der Waals surface area contributed by atoms with Crippen LogP contribution in [0.15, 0.2) is 41.5 Å². The van der Waals surface area contributed by atoms with Crippen LogP contribution in [0.2, 0.25) is 0 Å². The number of anilines is 1. The van der Waals surface area contributed by atoms with Gasteiger partial charge in [-0.15, -0.1) is 0 Å². The number of hydrazone groups is 1. The van der Waals surface area contributed by atoms with E-state index in [0.29, 0.717) is 5.69 Å². The second-order valence-corrected chi connectivity index (χ2v) is 6.74. The zero-order chi connectivity index (χ0) is 22.4. The maximum atomic E-state index is 11.3. The monoisotopic (exact) mass is 433 g/mol. The molecule has 0 heterocycles. The Balaban J connectivity index is 2.15. The summed E-state index contributed by atoms with van der Waals surface area (Å²) in [6, 6.07) is 7.92. The molecule has 0 amide bonds. The molecule has 158 valence electrons. The van der Waals surface area contributed by atoms with Gasteiger partial charge in [-0.2, -0.15) is 5.10 Å². The Morgan fingerprint density at radius 3 is 2.33 bits per heavy atom. The van der Waals surface area contributed by atoms with Gasteiger partial charge in [-0.05, 0) is 45.1 Å². The zero-order valence-corrected chi connectivity index (χ0v) is 17.1. The van der Waals surface area contributed by atoms with Gasteiger partial charge < -0.3 is 15.2 Å². The number of hydrogen-bond acceptors (Lipinski definition) is 8. The van der Waals surface area contributed by atoms with Gasteiger partial charge in [0.05, 0.1) is 21.7 Å². The number of thiocarbonyl (C=S) groups is 1. The Labute approximate surface area is 176 Å². The molecule has 12 heteroatoms. The van der Waals surface area contributed by atoms with Crippen molar-refractivity contribution in [3.63, 3.8) is 0 Å². The lowest BCUT2D eigenvalue weighted by Gasteiger charge is -2.13. The van der Waals surface area contributed by atoms with Gasteiger partial charge in [-0.3, -0.25) is 25.7 Å². The van der Waals surface area contributed by atoms with Crippen LogP contribution in [0.3, 0.4) is 0 Å². The van der Waals surface area contributed by atoms with Crippen molar-refractivity contribution >= 4 is 40.1 Å². The van der Waals surface area contributed by atoms with Gasteiger partial charge in [0.25, 0.3) is 5.69 Å². The third kappa shape index (κ3) is 5.85. The summed E-state index contributed by atoms with van der Waals surface area (Å²) in [7, 11) is 0. The van der Waals surface area contributed by atoms with Crippen molar-refractivity contribution in [3.8, 4) is 11.5 Å². The number of hydrogen-bond donors (Lipinski definition) is 3. The molecule has 0 atom stereocenters. The molecule has 11 nitrogen and oxygen atoms in total. The minimum atomic E-state index is -0.609. The number of nitrogens with one attached hydrogen (secondary N) is 2. The number of ether oxygens (including phenoxy) is 1. The molecule has 2 rings (SSSR count). The van der Waals surface area contributed by atoms with Crippen LogP contribution >= 0.6 is 12.2 Å². The largest absolute Gasteiger partial charge is 0.507 e. The second kappa shape index (κ2) is 9.60. The molecule has 0 radical (unpaired) electrons. The van der Waals surface area contributed by atoms with Gasteiger partial charge >= 0.3 is 5.69 Å². The maximum Gasteiger partial charge on any atom is 0.311 e. The highest BCUT2D eigenvalue weighted by molar-refractivity contribution is 7.80. The number of benzene rings is 2. The molecule has 0 saturated carbocycles. The van der Waals surface area contributed by atoms with E-state index in [0.717, 1.165) is 0 Å². The minimum Gasteiger partial charge on any atom is -0.507 e. The van der Waals surface area contributed by atoms with E-state index < -0.39 is 9.85 Å². The Kier molecular flexibility index (Phi) is 7.20. The van der Waals surface area contributed by atoms with Gasteiger partial charge in [-0.25, -0.2) is 0 Å². The molecule has 0 aromatic heterocycles. The average Bonchev–Trinajstić information content (AvgIpc) is 2.66. The van der Waals surface area contributed by atoms with Crippen LogP contribution in [0.4, 0.5) is 17.1 Å². The lowest BCUT2D eigenvalue weighted by Crippen LogP contribution is -2.25. The van der Waals surface area contributed by atoms with Crippen molar-refractivity contribution in [3.05, 3.63) is 62.2 Å². The lowest BCUT2D eigenvalue weighted by molar-refractivity contribution is -0.386. The summed E-state index contributed by atoms with van der Waals surface area (Å²) in [5, 5.41) is 39.1. The zero-order valence-electron chi connectivity index (χ0n) is 16.3. The highest BCUT2D eigenvalue weighted by Crippen LogP contribution is 2.35. The van der Waals surface area contributed by atoms with Crippen LogP contribution in [0.1, 0.15) is 26.3 Å². The summed E-state index contributed by atoms with van der Waals surface area (Å²) in [6.45, 7) is 4.96. The first kappa shape index (κ1) is 22.5. The first-order valence-electron chi connectivity index (χ1n) is 8.62. The molecule has 0 fully saturated rings. The number of nitro groups is 2. The van der Waals surface area contributed by atoms with Crippen molar-refractivity contribution in [1.29, 1.82) is 0 Å². The van der Waals surface area contributed by atoms with Crippen molar-refractivity contribution in [2.24, 2.45) is 5.10 Å². The summed E-state index contributed by atoms with van der Waals surface area (Å²) in [6.07, 6.45) is -0.312. The Bertz CT molecular complexity index is 1010. The Morgan fingerprint density at radius 2 is 1.80 bits per heavy atom. The number of aromatic hydroxyl groups is 1. The van der Waals surface area contributed by atoms with E-state index in [4.69, 9.17) is 17.0 Å². The number of nitro benzene ring substituents is 2. The van der Waals surface area contributed by atoms with Crippen LogP contribution in [-0.4, -0.2) is 31.9 Å². The molecule has 0 unspecified atom stereocenters. The molecular formula is C18H19N5O6S. The van der Waals surface area contributed by atoms with E-state index in [-0.39, 0.29) is 45.4 Å². The molecular weight excluding hydrogens is 414 g/mol. The maximum absolute atomic E-state index is 11.3. The predicted molar refractivity (Wildman–Crippen MR) is 115 cm³/mol. The topological polar surface area (TPSA) is 152 Å². The van der Waals surface area contributed by atoms with Crippen molar-refractivity contribution in [2.45, 2.75) is 26.9 Å². The summed E-state index contributed by atoms with van der Waals surface area (Å²) < 4.78 is 5.38. The highest BCUT2D eigenvalue weighted by atomic mass is 32.1. The molecule has 0 aliphatic heterocycles. The van der Waals surface area contributed by atoms with Crippen molar-refractivity contribution < 1.29 is 19.7 Å². The smallest absolute Gasteiger partial charge is 0.311 e. The van der Waals surface area contributed by atoms with Crippen LogP contribution in [0.5, 0.6) is 11.5 Å². The van der Waals surface area contributed by atoms with Gasteiger partial charge in [0.2, 0.25) is 5.75 Å². The van der Waals surface area contributed by atoms with Crippen LogP contribution < -0.4 is 15.5 Å². The number of phenols is 1. The highest BCUT2D eigenvalue weighted by Gasteiger charge is 2.21. The fourth-order valence-electron chi connectivity index (χ4n) is 2.36. The van der Waals surface area contributed by atoms with Crippen LogP contribution in [0, 0.1) is 20.2 Å². The molecule has 3 N–H and O–H groups in total. The molecule has 0 saturated heterocycles. The van der Waals surface area contributed by atoms with E-state index in [9.17, 15) is 25.3 Å².